The lowest BCUT2D eigenvalue weighted by Gasteiger charge is -2.24. The second-order valence-electron chi connectivity index (χ2n) is 6.90. The summed E-state index contributed by atoms with van der Waals surface area (Å²) in [5.41, 5.74) is 0.154. The number of halogens is 2. The van der Waals surface area contributed by atoms with E-state index in [1.165, 1.54) is 29.2 Å². The van der Waals surface area contributed by atoms with E-state index in [0.717, 1.165) is 0 Å². The molecule has 0 spiro atoms. The first kappa shape index (κ1) is 19.8. The molecule has 0 radical (unpaired) electrons. The zero-order valence-electron chi connectivity index (χ0n) is 14.9. The highest BCUT2D eigenvalue weighted by molar-refractivity contribution is 7.92. The molecule has 3 rings (SSSR count). The summed E-state index contributed by atoms with van der Waals surface area (Å²) in [6.07, 6.45) is 0. The first-order valence-corrected chi connectivity index (χ1v) is 10.3. The van der Waals surface area contributed by atoms with Crippen molar-refractivity contribution in [2.24, 2.45) is 5.41 Å². The summed E-state index contributed by atoms with van der Waals surface area (Å²) in [4.78, 5) is 13.9. The molecule has 2 aromatic rings. The third-order valence-corrected chi connectivity index (χ3v) is 6.33. The molecule has 9 heteroatoms. The largest absolute Gasteiger partial charge is 0.490 e. The average molecular weight is 429 g/mol. The fraction of sp³-hybridized carbons (Fsp3) is 0.278. The molecule has 27 heavy (non-hydrogen) atoms. The molecule has 0 fully saturated rings. The number of carbonyl (C=O) groups excluding carboxylic acids is 1. The highest BCUT2D eigenvalue weighted by atomic mass is 35.5. The van der Waals surface area contributed by atoms with Crippen LogP contribution in [-0.2, 0) is 14.8 Å². The van der Waals surface area contributed by atoms with E-state index < -0.39 is 15.4 Å². The van der Waals surface area contributed by atoms with Crippen molar-refractivity contribution in [3.05, 3.63) is 46.4 Å². The molecule has 0 bridgehead atoms. The molecule has 1 heterocycles. The Balaban J connectivity index is 1.96. The lowest BCUT2D eigenvalue weighted by molar-refractivity contribution is -0.127. The van der Waals surface area contributed by atoms with Gasteiger partial charge in [0.25, 0.3) is 10.0 Å². The molecule has 1 aliphatic heterocycles. The Morgan fingerprint density at radius 1 is 1.15 bits per heavy atom. The summed E-state index contributed by atoms with van der Waals surface area (Å²) >= 11 is 11.9. The minimum Gasteiger partial charge on any atom is -0.490 e. The van der Waals surface area contributed by atoms with Crippen molar-refractivity contribution >= 4 is 50.5 Å². The molecule has 0 unspecified atom stereocenters. The maximum atomic E-state index is 12.7. The average Bonchev–Trinajstić information content (AvgIpc) is 2.67. The number of ether oxygens (including phenoxy) is 1. The van der Waals surface area contributed by atoms with Gasteiger partial charge in [-0.25, -0.2) is 8.42 Å². The summed E-state index contributed by atoms with van der Waals surface area (Å²) in [5, 5.41) is 0.317. The summed E-state index contributed by atoms with van der Waals surface area (Å²) in [6.45, 7) is 3.77. The Kier molecular flexibility index (Phi) is 5.05. The number of rotatable bonds is 3. The molecule has 1 amide bonds. The number of benzene rings is 2. The topological polar surface area (TPSA) is 75.7 Å². The Labute approximate surface area is 168 Å². The van der Waals surface area contributed by atoms with E-state index in [1.54, 1.807) is 33.0 Å². The molecule has 0 aromatic heterocycles. The minimum atomic E-state index is -3.95. The van der Waals surface area contributed by atoms with Gasteiger partial charge in [0.1, 0.15) is 17.3 Å². The van der Waals surface area contributed by atoms with Crippen molar-refractivity contribution in [1.82, 2.24) is 0 Å². The van der Waals surface area contributed by atoms with Gasteiger partial charge in [0.15, 0.2) is 0 Å². The maximum absolute atomic E-state index is 12.7. The molecule has 0 atom stereocenters. The van der Waals surface area contributed by atoms with Crippen molar-refractivity contribution in [1.29, 1.82) is 0 Å². The Morgan fingerprint density at radius 3 is 2.56 bits per heavy atom. The van der Waals surface area contributed by atoms with E-state index in [9.17, 15) is 13.2 Å². The molecule has 2 aromatic carbocycles. The van der Waals surface area contributed by atoms with E-state index in [0.29, 0.717) is 11.4 Å². The van der Waals surface area contributed by atoms with Crippen molar-refractivity contribution in [3.8, 4) is 5.75 Å². The zero-order valence-corrected chi connectivity index (χ0v) is 17.2. The van der Waals surface area contributed by atoms with Gasteiger partial charge in [0.05, 0.1) is 21.8 Å². The summed E-state index contributed by atoms with van der Waals surface area (Å²) in [7, 11) is -2.29. The van der Waals surface area contributed by atoms with Crippen LogP contribution < -0.4 is 14.4 Å². The Morgan fingerprint density at radius 2 is 1.85 bits per heavy atom. The third-order valence-electron chi connectivity index (χ3n) is 4.23. The van der Waals surface area contributed by atoms with Crippen LogP contribution in [0.3, 0.4) is 0 Å². The number of carbonyl (C=O) groups is 1. The van der Waals surface area contributed by atoms with E-state index >= 15 is 0 Å². The fourth-order valence-corrected chi connectivity index (χ4v) is 4.56. The summed E-state index contributed by atoms with van der Waals surface area (Å²) in [6, 6.07) is 8.93. The zero-order chi connectivity index (χ0) is 20.0. The van der Waals surface area contributed by atoms with Crippen LogP contribution in [0.5, 0.6) is 5.75 Å². The van der Waals surface area contributed by atoms with Gasteiger partial charge < -0.3 is 9.64 Å². The highest BCUT2D eigenvalue weighted by Gasteiger charge is 2.36. The predicted molar refractivity (Wildman–Crippen MR) is 106 cm³/mol. The molecule has 144 valence electrons. The number of fused-ring (bicyclic) bond motifs is 1. The van der Waals surface area contributed by atoms with E-state index in [-0.39, 0.29) is 33.1 Å². The van der Waals surface area contributed by atoms with Gasteiger partial charge >= 0.3 is 0 Å². The first-order chi connectivity index (χ1) is 12.5. The number of hydrogen-bond acceptors (Lipinski definition) is 4. The van der Waals surface area contributed by atoms with Crippen LogP contribution >= 0.6 is 23.2 Å². The quantitative estimate of drug-likeness (QED) is 0.795. The van der Waals surface area contributed by atoms with Gasteiger partial charge in [-0.1, -0.05) is 23.2 Å². The summed E-state index contributed by atoms with van der Waals surface area (Å²) in [5.74, 6) is 0.328. The molecule has 6 nitrogen and oxygen atoms in total. The third kappa shape index (κ3) is 3.85. The van der Waals surface area contributed by atoms with Crippen LogP contribution in [0.2, 0.25) is 10.0 Å². The van der Waals surface area contributed by atoms with Gasteiger partial charge in [0, 0.05) is 18.1 Å². The molecule has 0 saturated carbocycles. The first-order valence-electron chi connectivity index (χ1n) is 8.04. The smallest absolute Gasteiger partial charge is 0.263 e. The van der Waals surface area contributed by atoms with Crippen molar-refractivity contribution < 1.29 is 17.9 Å². The van der Waals surface area contributed by atoms with Crippen LogP contribution in [0, 0.1) is 5.41 Å². The molecular weight excluding hydrogens is 411 g/mol. The summed E-state index contributed by atoms with van der Waals surface area (Å²) < 4.78 is 33.6. The second-order valence-corrected chi connectivity index (χ2v) is 9.39. The number of amides is 1. The minimum absolute atomic E-state index is 0.0602. The molecular formula is C18H18Cl2N2O4S. The van der Waals surface area contributed by atoms with Gasteiger partial charge in [-0.05, 0) is 44.2 Å². The van der Waals surface area contributed by atoms with Crippen LogP contribution in [0.4, 0.5) is 11.4 Å². The number of nitrogens with zero attached hydrogens (tertiary/aromatic N) is 1. The van der Waals surface area contributed by atoms with E-state index in [4.69, 9.17) is 27.9 Å². The van der Waals surface area contributed by atoms with Gasteiger partial charge in [-0.15, -0.1) is 0 Å². The van der Waals surface area contributed by atoms with Gasteiger partial charge in [-0.2, -0.15) is 0 Å². The van der Waals surface area contributed by atoms with Crippen LogP contribution in [0.1, 0.15) is 13.8 Å². The molecule has 1 N–H and O–H groups in total. The van der Waals surface area contributed by atoms with Gasteiger partial charge in [-0.3, -0.25) is 9.52 Å². The van der Waals surface area contributed by atoms with E-state index in [1.807, 2.05) is 0 Å². The van der Waals surface area contributed by atoms with E-state index in [2.05, 4.69) is 4.72 Å². The standard InChI is InChI=1S/C18H18Cl2N2O4S/c1-18(2)10-26-15-9-12(5-7-14(15)22(3)17(18)23)21-27(24,25)16-8-11(19)4-6-13(16)20/h4-9,21H,10H2,1-3H3. The van der Waals surface area contributed by atoms with Crippen molar-refractivity contribution in [3.63, 3.8) is 0 Å². The lowest BCUT2D eigenvalue weighted by atomic mass is 9.93. The lowest BCUT2D eigenvalue weighted by Crippen LogP contribution is -2.39. The second kappa shape index (κ2) is 6.89. The van der Waals surface area contributed by atoms with Crippen LogP contribution in [-0.4, -0.2) is 28.0 Å². The van der Waals surface area contributed by atoms with Crippen LogP contribution in [0.25, 0.3) is 0 Å². The highest BCUT2D eigenvalue weighted by Crippen LogP contribution is 2.38. The van der Waals surface area contributed by atoms with Crippen LogP contribution in [0.15, 0.2) is 41.3 Å². The maximum Gasteiger partial charge on any atom is 0.263 e. The van der Waals surface area contributed by atoms with Crippen molar-refractivity contribution in [2.45, 2.75) is 18.7 Å². The molecule has 0 saturated heterocycles. The predicted octanol–water partition coefficient (Wildman–Crippen LogP) is 4.18. The number of sulfonamides is 1. The Bertz CT molecular complexity index is 1020. The monoisotopic (exact) mass is 428 g/mol. The number of anilines is 2. The Hall–Kier alpha value is -1.96. The van der Waals surface area contributed by atoms with Gasteiger partial charge in [0.2, 0.25) is 5.91 Å². The van der Waals surface area contributed by atoms with Crippen molar-refractivity contribution in [2.75, 3.05) is 23.3 Å². The molecule has 0 aliphatic carbocycles. The number of hydrogen-bond donors (Lipinski definition) is 1. The molecule has 1 aliphatic rings. The normalized spacial score (nSPS) is 16.3. The fourth-order valence-electron chi connectivity index (χ4n) is 2.75. The SMILES string of the molecule is CN1C(=O)C(C)(C)COc2cc(NS(=O)(=O)c3cc(Cl)ccc3Cl)ccc21. The number of nitrogens with one attached hydrogen (secondary N) is 1.